The fourth-order valence-corrected chi connectivity index (χ4v) is 8.11. The second-order valence-electron chi connectivity index (χ2n) is 14.5. The van der Waals surface area contributed by atoms with E-state index in [0.717, 1.165) is 21.9 Å². The summed E-state index contributed by atoms with van der Waals surface area (Å²) in [6.45, 7) is 0. The van der Waals surface area contributed by atoms with Gasteiger partial charge in [-0.15, -0.1) is 0 Å². The Bertz CT molecular complexity index is 2920. The minimum Gasteiger partial charge on any atom is -0.456 e. The number of rotatable bonds is 8. The van der Waals surface area contributed by atoms with E-state index in [1.807, 2.05) is 12.1 Å². The molecule has 9 aromatic carbocycles. The highest BCUT2D eigenvalue weighted by Crippen LogP contribution is 2.38. The summed E-state index contributed by atoms with van der Waals surface area (Å²) in [4.78, 5) is 0. The first-order valence-electron chi connectivity index (χ1n) is 19.3. The molecule has 0 aliphatic rings. The minimum atomic E-state index is 0.0349. The van der Waals surface area contributed by atoms with Crippen LogP contribution in [0.25, 0.3) is 77.6 Å². The van der Waals surface area contributed by atoms with Gasteiger partial charge < -0.3 is 4.42 Å². The van der Waals surface area contributed by atoms with Crippen LogP contribution in [0, 0.1) is 0 Å². The van der Waals surface area contributed by atoms with Gasteiger partial charge in [0.05, 0.1) is 0 Å². The van der Waals surface area contributed by atoms with Crippen molar-refractivity contribution in [3.63, 3.8) is 0 Å². The van der Waals surface area contributed by atoms with E-state index in [1.165, 1.54) is 72.3 Å². The zero-order chi connectivity index (χ0) is 37.3. The number of para-hydroxylation sites is 1. The third kappa shape index (κ3) is 6.50. The Kier molecular flexibility index (Phi) is 8.67. The van der Waals surface area contributed by atoms with Crippen molar-refractivity contribution in [2.24, 2.45) is 0 Å². The van der Waals surface area contributed by atoms with Crippen LogP contribution in [0.3, 0.4) is 0 Å². The van der Waals surface area contributed by atoms with Crippen molar-refractivity contribution in [3.05, 3.63) is 241 Å². The quantitative estimate of drug-likeness (QED) is 0.143. The molecule has 0 aliphatic carbocycles. The van der Waals surface area contributed by atoms with Crippen molar-refractivity contribution in [2.45, 2.75) is 5.92 Å². The molecule has 0 N–H and O–H groups in total. The Morgan fingerprint density at radius 3 is 1.23 bits per heavy atom. The molecule has 0 radical (unpaired) electrons. The summed E-state index contributed by atoms with van der Waals surface area (Å²) in [6, 6.07) is 81.0. The van der Waals surface area contributed by atoms with E-state index in [2.05, 4.69) is 212 Å². The van der Waals surface area contributed by atoms with Crippen LogP contribution in [0.4, 0.5) is 0 Å². The second-order valence-corrected chi connectivity index (χ2v) is 14.5. The molecule has 10 rings (SSSR count). The summed E-state index contributed by atoms with van der Waals surface area (Å²) in [7, 11) is 0. The molecule has 56 heavy (non-hydrogen) atoms. The standard InChI is InChI=1S/C55H38O/c1-3-11-38(12-4-1)40-21-23-41(24-22-40)42-25-29-44(30-26-42)55(45-31-27-43(28-32-45)47-16-9-15-46(35-47)39-13-5-2-6-14-39)50-18-10-17-48(36-50)49-33-34-54-52(37-49)51-19-7-8-20-53(51)56-54/h1-37,55H. The molecule has 0 amide bonds. The maximum absolute atomic E-state index is 6.16. The molecule has 1 heterocycles. The maximum Gasteiger partial charge on any atom is 0.135 e. The first kappa shape index (κ1) is 33.4. The van der Waals surface area contributed by atoms with Gasteiger partial charge in [0.25, 0.3) is 0 Å². The Morgan fingerprint density at radius 1 is 0.232 bits per heavy atom. The van der Waals surface area contributed by atoms with E-state index >= 15 is 0 Å². The predicted octanol–water partition coefficient (Wildman–Crippen LogP) is 15.1. The second kappa shape index (κ2) is 14.5. The Balaban J connectivity index is 1.02. The van der Waals surface area contributed by atoms with Gasteiger partial charge in [0.15, 0.2) is 0 Å². The minimum absolute atomic E-state index is 0.0349. The van der Waals surface area contributed by atoms with E-state index in [-0.39, 0.29) is 5.92 Å². The van der Waals surface area contributed by atoms with Gasteiger partial charge in [-0.05, 0) is 96.6 Å². The smallest absolute Gasteiger partial charge is 0.135 e. The first-order valence-corrected chi connectivity index (χ1v) is 19.3. The van der Waals surface area contributed by atoms with Gasteiger partial charge in [-0.1, -0.05) is 200 Å². The first-order chi connectivity index (χ1) is 27.7. The Labute approximate surface area is 327 Å². The third-order valence-electron chi connectivity index (χ3n) is 11.0. The molecule has 0 aliphatic heterocycles. The van der Waals surface area contributed by atoms with Gasteiger partial charge >= 0.3 is 0 Å². The molecule has 264 valence electrons. The summed E-state index contributed by atoms with van der Waals surface area (Å²) < 4.78 is 6.16. The van der Waals surface area contributed by atoms with Gasteiger partial charge in [-0.3, -0.25) is 0 Å². The molecule has 1 heteroatoms. The van der Waals surface area contributed by atoms with Gasteiger partial charge in [0, 0.05) is 16.7 Å². The maximum atomic E-state index is 6.16. The van der Waals surface area contributed by atoms with Gasteiger partial charge in [-0.2, -0.15) is 0 Å². The molecule has 10 aromatic rings. The molecular formula is C55H38O. The summed E-state index contributed by atoms with van der Waals surface area (Å²) in [6.07, 6.45) is 0. The lowest BCUT2D eigenvalue weighted by Crippen LogP contribution is -2.04. The van der Waals surface area contributed by atoms with Gasteiger partial charge in [0.2, 0.25) is 0 Å². The highest BCUT2D eigenvalue weighted by atomic mass is 16.3. The highest BCUT2D eigenvalue weighted by molar-refractivity contribution is 6.06. The van der Waals surface area contributed by atoms with Crippen molar-refractivity contribution >= 4 is 21.9 Å². The van der Waals surface area contributed by atoms with Crippen molar-refractivity contribution in [1.82, 2.24) is 0 Å². The molecule has 1 unspecified atom stereocenters. The lowest BCUT2D eigenvalue weighted by Gasteiger charge is -2.21. The molecule has 0 saturated carbocycles. The molecule has 1 atom stereocenters. The number of furan rings is 1. The van der Waals surface area contributed by atoms with E-state index < -0.39 is 0 Å². The Morgan fingerprint density at radius 2 is 0.625 bits per heavy atom. The zero-order valence-corrected chi connectivity index (χ0v) is 30.8. The predicted molar refractivity (Wildman–Crippen MR) is 235 cm³/mol. The van der Waals surface area contributed by atoms with Crippen LogP contribution < -0.4 is 0 Å². The monoisotopic (exact) mass is 714 g/mol. The van der Waals surface area contributed by atoms with Gasteiger partial charge in [0.1, 0.15) is 11.2 Å². The lowest BCUT2D eigenvalue weighted by atomic mass is 9.83. The average molecular weight is 715 g/mol. The third-order valence-corrected chi connectivity index (χ3v) is 11.0. The topological polar surface area (TPSA) is 13.1 Å². The molecule has 0 spiro atoms. The van der Waals surface area contributed by atoms with E-state index in [4.69, 9.17) is 4.42 Å². The molecule has 1 nitrogen and oxygen atoms in total. The van der Waals surface area contributed by atoms with Crippen LogP contribution >= 0.6 is 0 Å². The van der Waals surface area contributed by atoms with E-state index in [1.54, 1.807) is 0 Å². The van der Waals surface area contributed by atoms with E-state index in [0.29, 0.717) is 0 Å². The number of fused-ring (bicyclic) bond motifs is 3. The van der Waals surface area contributed by atoms with Crippen LogP contribution in [-0.2, 0) is 0 Å². The fourth-order valence-electron chi connectivity index (χ4n) is 8.11. The van der Waals surface area contributed by atoms with Crippen LogP contribution in [0.5, 0.6) is 0 Å². The zero-order valence-electron chi connectivity index (χ0n) is 30.8. The van der Waals surface area contributed by atoms with Crippen molar-refractivity contribution in [3.8, 4) is 55.6 Å². The molecule has 0 bridgehead atoms. The van der Waals surface area contributed by atoms with Crippen molar-refractivity contribution in [2.75, 3.05) is 0 Å². The fraction of sp³-hybridized carbons (Fsp3) is 0.0182. The highest BCUT2D eigenvalue weighted by Gasteiger charge is 2.19. The number of benzene rings is 9. The summed E-state index contributed by atoms with van der Waals surface area (Å²) in [5.74, 6) is 0.0349. The number of hydrogen-bond acceptors (Lipinski definition) is 1. The Hall–Kier alpha value is -7.22. The normalized spacial score (nSPS) is 11.9. The van der Waals surface area contributed by atoms with Crippen LogP contribution in [0.2, 0.25) is 0 Å². The molecular weight excluding hydrogens is 677 g/mol. The van der Waals surface area contributed by atoms with Gasteiger partial charge in [-0.25, -0.2) is 0 Å². The molecule has 0 fully saturated rings. The molecule has 1 aromatic heterocycles. The number of hydrogen-bond donors (Lipinski definition) is 0. The SMILES string of the molecule is c1ccc(-c2ccc(-c3ccc(C(c4ccc(-c5cccc(-c6ccccc6)c5)cc4)c4cccc(-c5ccc6oc7ccccc7c6c5)c4)cc3)cc2)cc1. The average Bonchev–Trinajstić information content (AvgIpc) is 3.66. The summed E-state index contributed by atoms with van der Waals surface area (Å²) in [5.41, 5.74) is 17.7. The summed E-state index contributed by atoms with van der Waals surface area (Å²) >= 11 is 0. The van der Waals surface area contributed by atoms with Crippen LogP contribution in [-0.4, -0.2) is 0 Å². The van der Waals surface area contributed by atoms with Crippen LogP contribution in [0.1, 0.15) is 22.6 Å². The van der Waals surface area contributed by atoms with Crippen LogP contribution in [0.15, 0.2) is 229 Å². The van der Waals surface area contributed by atoms with E-state index in [9.17, 15) is 0 Å². The largest absolute Gasteiger partial charge is 0.456 e. The lowest BCUT2D eigenvalue weighted by molar-refractivity contribution is 0.669. The molecule has 0 saturated heterocycles. The van der Waals surface area contributed by atoms with Crippen molar-refractivity contribution in [1.29, 1.82) is 0 Å². The summed E-state index contributed by atoms with van der Waals surface area (Å²) in [5, 5.41) is 2.28. The van der Waals surface area contributed by atoms with Crippen molar-refractivity contribution < 1.29 is 4.42 Å².